The van der Waals surface area contributed by atoms with Crippen LogP contribution < -0.4 is 0 Å². The van der Waals surface area contributed by atoms with Crippen molar-refractivity contribution in [3.8, 4) is 0 Å². The van der Waals surface area contributed by atoms with Gasteiger partial charge in [0, 0.05) is 0 Å². The summed E-state index contributed by atoms with van der Waals surface area (Å²) < 4.78 is 67.0. The fourth-order valence-corrected chi connectivity index (χ4v) is 6.63. The number of benzene rings is 2. The van der Waals surface area contributed by atoms with Crippen LogP contribution in [0.3, 0.4) is 0 Å². The van der Waals surface area contributed by atoms with E-state index in [4.69, 9.17) is 0 Å². The molecule has 0 radical (unpaired) electrons. The van der Waals surface area contributed by atoms with E-state index in [0.29, 0.717) is 24.0 Å². The van der Waals surface area contributed by atoms with E-state index in [0.717, 1.165) is 25.7 Å². The van der Waals surface area contributed by atoms with Gasteiger partial charge in [-0.2, -0.15) is 0 Å². The van der Waals surface area contributed by atoms with Crippen molar-refractivity contribution in [3.05, 3.63) is 59.7 Å². The Labute approximate surface area is 293 Å². The van der Waals surface area contributed by atoms with Crippen LogP contribution in [-0.4, -0.2) is 63.7 Å². The van der Waals surface area contributed by atoms with E-state index >= 15 is 0 Å². The Hall–Kier alpha value is -0.480. The molecule has 0 aliphatic carbocycles. The van der Waals surface area contributed by atoms with Gasteiger partial charge in [-0.05, 0) is 48.9 Å². The van der Waals surface area contributed by atoms with Crippen LogP contribution >= 0.6 is 0 Å². The Morgan fingerprint density at radius 1 is 0.442 bits per heavy atom. The van der Waals surface area contributed by atoms with Gasteiger partial charge in [0.1, 0.15) is 20.2 Å². The van der Waals surface area contributed by atoms with E-state index in [9.17, 15) is 25.9 Å². The zero-order valence-electron chi connectivity index (χ0n) is 26.7. The van der Waals surface area contributed by atoms with Gasteiger partial charge in [-0.1, -0.05) is 153 Å². The first kappa shape index (κ1) is 42.5. The molecule has 0 bridgehead atoms. The largest absolute Gasteiger partial charge is 2.00 e. The molecule has 0 N–H and O–H groups in total. The van der Waals surface area contributed by atoms with Crippen molar-refractivity contribution in [1.29, 1.82) is 0 Å². The second-order valence-electron chi connectivity index (χ2n) is 11.3. The van der Waals surface area contributed by atoms with Gasteiger partial charge >= 0.3 is 37.7 Å². The zero-order chi connectivity index (χ0) is 31.1. The van der Waals surface area contributed by atoms with Crippen LogP contribution in [0.5, 0.6) is 0 Å². The van der Waals surface area contributed by atoms with Gasteiger partial charge in [-0.3, -0.25) is 0 Å². The number of hydrogen-bond donors (Lipinski definition) is 0. The molecule has 0 unspecified atom stereocenters. The molecule has 0 heterocycles. The molecular weight excluding hydrogens is 609 g/mol. The van der Waals surface area contributed by atoms with Gasteiger partial charge in [0.2, 0.25) is 0 Å². The molecule has 0 amide bonds. The molecule has 240 valence electrons. The van der Waals surface area contributed by atoms with Crippen molar-refractivity contribution in [1.82, 2.24) is 0 Å². The van der Waals surface area contributed by atoms with Crippen molar-refractivity contribution in [2.45, 2.75) is 152 Å². The summed E-state index contributed by atoms with van der Waals surface area (Å²) in [6.07, 6.45) is 23.5. The van der Waals surface area contributed by atoms with Crippen LogP contribution in [0.15, 0.2) is 58.3 Å². The molecule has 0 aliphatic heterocycles. The first-order chi connectivity index (χ1) is 20.1. The monoisotopic (exact) mass is 662 g/mol. The fourth-order valence-electron chi connectivity index (χ4n) is 5.16. The van der Waals surface area contributed by atoms with Crippen LogP contribution in [0.1, 0.15) is 141 Å². The number of hydrogen-bond acceptors (Lipinski definition) is 6. The van der Waals surface area contributed by atoms with E-state index in [1.165, 1.54) is 102 Å². The van der Waals surface area contributed by atoms with Gasteiger partial charge in [0.15, 0.2) is 0 Å². The van der Waals surface area contributed by atoms with Gasteiger partial charge in [0.05, 0.1) is 9.79 Å². The van der Waals surface area contributed by atoms with E-state index in [1.807, 2.05) is 0 Å². The summed E-state index contributed by atoms with van der Waals surface area (Å²) in [5.74, 6) is 0. The molecular formula is C34H54CaO6S2. The van der Waals surface area contributed by atoms with Crippen LogP contribution in [0, 0.1) is 0 Å². The van der Waals surface area contributed by atoms with E-state index in [1.54, 1.807) is 36.4 Å². The smallest absolute Gasteiger partial charge is 0.744 e. The Morgan fingerprint density at radius 3 is 0.977 bits per heavy atom. The van der Waals surface area contributed by atoms with Gasteiger partial charge in [-0.15, -0.1) is 0 Å². The minimum atomic E-state index is -4.34. The number of aryl methyl sites for hydroxylation is 2. The Balaban J connectivity index is 0.000000802. The van der Waals surface area contributed by atoms with Gasteiger partial charge < -0.3 is 9.11 Å². The maximum atomic E-state index is 11.2. The van der Waals surface area contributed by atoms with Crippen LogP contribution in [0.25, 0.3) is 0 Å². The van der Waals surface area contributed by atoms with E-state index < -0.39 is 20.2 Å². The average molecular weight is 663 g/mol. The third-order valence-electron chi connectivity index (χ3n) is 7.58. The predicted octanol–water partition coefficient (Wildman–Crippen LogP) is 8.95. The zero-order valence-corrected chi connectivity index (χ0v) is 30.6. The summed E-state index contributed by atoms with van der Waals surface area (Å²) in [5.41, 5.74) is 1.32. The van der Waals surface area contributed by atoms with Crippen molar-refractivity contribution in [2.24, 2.45) is 0 Å². The normalized spacial score (nSPS) is 11.4. The molecule has 2 aromatic rings. The second kappa shape index (κ2) is 25.7. The summed E-state index contributed by atoms with van der Waals surface area (Å²) in [7, 11) is -8.69. The van der Waals surface area contributed by atoms with Crippen molar-refractivity contribution in [2.75, 3.05) is 0 Å². The third-order valence-corrected chi connectivity index (χ3v) is 9.46. The molecule has 2 rings (SSSR count). The minimum Gasteiger partial charge on any atom is -0.744 e. The van der Waals surface area contributed by atoms with Crippen molar-refractivity contribution < 1.29 is 25.9 Å². The summed E-state index contributed by atoms with van der Waals surface area (Å²) in [6.45, 7) is 4.44. The molecule has 0 saturated carbocycles. The molecule has 43 heavy (non-hydrogen) atoms. The molecule has 2 aromatic carbocycles. The van der Waals surface area contributed by atoms with Gasteiger partial charge in [0.25, 0.3) is 0 Å². The Bertz CT molecular complexity index is 1090. The van der Waals surface area contributed by atoms with Crippen LogP contribution in [0.4, 0.5) is 0 Å². The van der Waals surface area contributed by atoms with Crippen molar-refractivity contribution in [3.63, 3.8) is 0 Å². The minimum absolute atomic E-state index is 0. The number of rotatable bonds is 22. The Morgan fingerprint density at radius 2 is 0.698 bits per heavy atom. The first-order valence-corrected chi connectivity index (χ1v) is 19.0. The molecule has 9 heteroatoms. The second-order valence-corrected chi connectivity index (χ2v) is 14.0. The predicted molar refractivity (Wildman–Crippen MR) is 176 cm³/mol. The van der Waals surface area contributed by atoms with E-state index in [-0.39, 0.29) is 47.5 Å². The van der Waals surface area contributed by atoms with Crippen LogP contribution in [-0.2, 0) is 33.1 Å². The number of unbranched alkanes of at least 4 members (excludes halogenated alkanes) is 16. The maximum Gasteiger partial charge on any atom is 2.00 e. The molecule has 0 fully saturated rings. The van der Waals surface area contributed by atoms with E-state index in [2.05, 4.69) is 13.8 Å². The van der Waals surface area contributed by atoms with Crippen LogP contribution in [0.2, 0.25) is 0 Å². The SMILES string of the molecule is CCCCCCCCCCCc1ccccc1S(=O)(=O)[O-].CCCCCCCCCCCc1ccccc1S(=O)(=O)[O-].[Ca+2]. The summed E-state index contributed by atoms with van der Waals surface area (Å²) in [6, 6.07) is 13.1. The fraction of sp³-hybridized carbons (Fsp3) is 0.647. The molecule has 0 aliphatic rings. The molecule has 6 nitrogen and oxygen atoms in total. The maximum absolute atomic E-state index is 11.2. The van der Waals surface area contributed by atoms with Crippen molar-refractivity contribution >= 4 is 58.0 Å². The topological polar surface area (TPSA) is 114 Å². The molecule has 0 atom stereocenters. The summed E-state index contributed by atoms with van der Waals surface area (Å²) in [4.78, 5) is -0.103. The molecule has 0 spiro atoms. The quantitative estimate of drug-likeness (QED) is 0.0706. The molecule has 0 aromatic heterocycles. The molecule has 0 saturated heterocycles. The Kier molecular flexibility index (Phi) is 25.4. The first-order valence-electron chi connectivity index (χ1n) is 16.2. The third kappa shape index (κ3) is 21.0. The summed E-state index contributed by atoms with van der Waals surface area (Å²) >= 11 is 0. The standard InChI is InChI=1S/2C17H28O3S.Ca/c2*1-2-3-4-5-6-7-8-9-10-13-16-14-11-12-15-17(16)21(18,19)20;/h2*11-12,14-15H,2-10,13H2,1H3,(H,18,19,20);/q;;+2/p-2. The van der Waals surface area contributed by atoms with Gasteiger partial charge in [-0.25, -0.2) is 16.8 Å². The summed E-state index contributed by atoms with van der Waals surface area (Å²) in [5, 5.41) is 0. The average Bonchev–Trinajstić information content (AvgIpc) is 2.95.